The Labute approximate surface area is 166 Å². The Kier molecular flexibility index (Phi) is 5.65. The van der Waals surface area contributed by atoms with Gasteiger partial charge in [-0.25, -0.2) is 9.37 Å². The Morgan fingerprint density at radius 1 is 1.29 bits per heavy atom. The molecule has 0 saturated heterocycles. The number of nitroso groups, excluding NO2 is 1. The van der Waals surface area contributed by atoms with E-state index in [1.54, 1.807) is 23.6 Å². The van der Waals surface area contributed by atoms with Crippen molar-refractivity contribution < 1.29 is 9.18 Å². The number of rotatable bonds is 5. The summed E-state index contributed by atoms with van der Waals surface area (Å²) in [7, 11) is 0. The Morgan fingerprint density at radius 3 is 2.71 bits per heavy atom. The summed E-state index contributed by atoms with van der Waals surface area (Å²) in [5, 5.41) is 3.07. The second-order valence-corrected chi connectivity index (χ2v) is 6.98. The molecule has 144 valence electrons. The third-order valence-electron chi connectivity index (χ3n) is 4.43. The summed E-state index contributed by atoms with van der Waals surface area (Å²) in [4.78, 5) is 31.6. The average molecular weight is 401 g/mol. The minimum Gasteiger partial charge on any atom is -0.315 e. The fourth-order valence-electron chi connectivity index (χ4n) is 3.05. The lowest BCUT2D eigenvalue weighted by Crippen LogP contribution is -2.11. The third kappa shape index (κ3) is 3.84. The zero-order chi connectivity index (χ0) is 20.4. The topological polar surface area (TPSA) is 77.2 Å². The maximum absolute atomic E-state index is 13.7. The van der Waals surface area contributed by atoms with Gasteiger partial charge in [-0.2, -0.15) is 0 Å². The van der Waals surface area contributed by atoms with Gasteiger partial charge in [0, 0.05) is 33.7 Å². The van der Waals surface area contributed by atoms with Gasteiger partial charge >= 0.3 is 5.91 Å². The minimum absolute atomic E-state index is 0.0706. The first kappa shape index (κ1) is 19.8. The number of hydrogen-bond acceptors (Lipinski definition) is 4. The number of alkyl halides is 1. The van der Waals surface area contributed by atoms with Crippen molar-refractivity contribution in [3.63, 3.8) is 0 Å². The van der Waals surface area contributed by atoms with Crippen LogP contribution in [0.3, 0.4) is 0 Å². The van der Waals surface area contributed by atoms with E-state index in [2.05, 4.69) is 15.1 Å². The van der Waals surface area contributed by atoms with Crippen molar-refractivity contribution >= 4 is 17.5 Å². The Morgan fingerprint density at radius 2 is 2.04 bits per heavy atom. The van der Waals surface area contributed by atoms with Crippen LogP contribution in [0.4, 0.5) is 4.39 Å². The summed E-state index contributed by atoms with van der Waals surface area (Å²) in [6, 6.07) is 7.15. The number of nitrogens with zero attached hydrogens (tertiary/aromatic N) is 4. The number of benzene rings is 1. The summed E-state index contributed by atoms with van der Waals surface area (Å²) in [6.45, 7) is 5.15. The number of carbonyl (C=O) groups excluding carboxylic acids is 1. The molecule has 0 aliphatic carbocycles. The van der Waals surface area contributed by atoms with Gasteiger partial charge in [0.1, 0.15) is 17.7 Å². The number of hydrogen-bond donors (Lipinski definition) is 0. The normalized spacial score (nSPS) is 12.0. The molecule has 6 nitrogen and oxygen atoms in total. The van der Waals surface area contributed by atoms with Gasteiger partial charge in [-0.15, -0.1) is 4.91 Å². The van der Waals surface area contributed by atoms with E-state index in [0.717, 1.165) is 11.1 Å². The maximum atomic E-state index is 13.7. The van der Waals surface area contributed by atoms with E-state index >= 15 is 0 Å². The van der Waals surface area contributed by atoms with Crippen LogP contribution in [-0.2, 0) is 6.54 Å². The van der Waals surface area contributed by atoms with Crippen molar-refractivity contribution in [1.82, 2.24) is 14.5 Å². The molecule has 0 saturated carbocycles. The number of halogens is 2. The number of carbonyl (C=O) groups is 1. The molecular weight excluding hydrogens is 383 g/mol. The quantitative estimate of drug-likeness (QED) is 0.551. The molecule has 1 atom stereocenters. The lowest BCUT2D eigenvalue weighted by Gasteiger charge is -2.13. The lowest BCUT2D eigenvalue weighted by atomic mass is 10.1. The van der Waals surface area contributed by atoms with Crippen molar-refractivity contribution in [3.05, 3.63) is 74.7 Å². The summed E-state index contributed by atoms with van der Waals surface area (Å²) in [6.07, 6.45) is 1.76. The zero-order valence-corrected chi connectivity index (χ0v) is 16.4. The van der Waals surface area contributed by atoms with Gasteiger partial charge in [0.25, 0.3) is 0 Å². The lowest BCUT2D eigenvalue weighted by molar-refractivity contribution is 0.0992. The van der Waals surface area contributed by atoms with E-state index in [0.29, 0.717) is 27.7 Å². The molecule has 3 rings (SSSR count). The van der Waals surface area contributed by atoms with Crippen molar-refractivity contribution in [1.29, 1.82) is 0 Å². The van der Waals surface area contributed by atoms with Crippen molar-refractivity contribution in [3.8, 4) is 11.4 Å². The van der Waals surface area contributed by atoms with E-state index in [4.69, 9.17) is 11.6 Å². The zero-order valence-electron chi connectivity index (χ0n) is 15.6. The van der Waals surface area contributed by atoms with Crippen LogP contribution in [0.15, 0.2) is 41.8 Å². The first-order chi connectivity index (χ1) is 13.3. The molecule has 0 radical (unpaired) electrons. The number of imidazole rings is 1. The maximum Gasteiger partial charge on any atom is 0.334 e. The van der Waals surface area contributed by atoms with Crippen LogP contribution in [0.2, 0.25) is 5.02 Å². The largest absolute Gasteiger partial charge is 0.334 e. The van der Waals surface area contributed by atoms with Gasteiger partial charge in [0.2, 0.25) is 0 Å². The van der Waals surface area contributed by atoms with E-state index in [1.807, 2.05) is 19.1 Å². The van der Waals surface area contributed by atoms with E-state index in [9.17, 15) is 14.1 Å². The molecule has 2 heterocycles. The van der Waals surface area contributed by atoms with Crippen molar-refractivity contribution in [2.75, 3.05) is 0 Å². The van der Waals surface area contributed by atoms with Crippen molar-refractivity contribution in [2.45, 2.75) is 33.5 Å². The summed E-state index contributed by atoms with van der Waals surface area (Å²) >= 11 is 6.32. The third-order valence-corrected chi connectivity index (χ3v) is 4.80. The first-order valence-corrected chi connectivity index (χ1v) is 8.98. The molecule has 0 aliphatic rings. The molecule has 1 aromatic carbocycles. The molecule has 2 aromatic heterocycles. The number of amides is 1. The summed E-state index contributed by atoms with van der Waals surface area (Å²) in [5.41, 5.74) is 3.08. The molecule has 0 aliphatic heterocycles. The van der Waals surface area contributed by atoms with Gasteiger partial charge in [-0.05, 0) is 38.5 Å². The highest BCUT2D eigenvalue weighted by Gasteiger charge is 2.23. The minimum atomic E-state index is -1.21. The molecule has 0 fully saturated rings. The molecule has 3 aromatic rings. The molecule has 1 amide bonds. The van der Waals surface area contributed by atoms with E-state index in [-0.39, 0.29) is 12.2 Å². The smallest absolute Gasteiger partial charge is 0.315 e. The van der Waals surface area contributed by atoms with Crippen molar-refractivity contribution in [2.24, 2.45) is 5.18 Å². The van der Waals surface area contributed by atoms with Gasteiger partial charge < -0.3 is 4.57 Å². The number of aromatic nitrogens is 3. The van der Waals surface area contributed by atoms with Crippen LogP contribution in [-0.4, -0.2) is 20.4 Å². The molecule has 8 heteroatoms. The number of pyridine rings is 1. The average Bonchev–Trinajstić information content (AvgIpc) is 3.00. The van der Waals surface area contributed by atoms with Crippen LogP contribution in [0.5, 0.6) is 0 Å². The second kappa shape index (κ2) is 7.98. The van der Waals surface area contributed by atoms with E-state index < -0.39 is 12.1 Å². The monoisotopic (exact) mass is 400 g/mol. The van der Waals surface area contributed by atoms with Gasteiger partial charge in [-0.1, -0.05) is 29.3 Å². The molecule has 0 spiro atoms. The number of aryl methyl sites for hydroxylation is 2. The highest BCUT2D eigenvalue weighted by Crippen LogP contribution is 2.28. The molecular formula is C20H18ClFN4O2. The van der Waals surface area contributed by atoms with Crippen LogP contribution in [0.25, 0.3) is 11.4 Å². The Bertz CT molecular complexity index is 1060. The molecule has 1 unspecified atom stereocenters. The van der Waals surface area contributed by atoms with Gasteiger partial charge in [-0.3, -0.25) is 9.78 Å². The van der Waals surface area contributed by atoms with Gasteiger partial charge in [0.05, 0.1) is 12.2 Å². The SMILES string of the molecule is Cc1ccc(Cl)c(Cn2c(-c3cncc(C(C)F)c3)nc(C)c2C(=O)N=O)c1. The highest BCUT2D eigenvalue weighted by atomic mass is 35.5. The Hall–Kier alpha value is -2.93. The summed E-state index contributed by atoms with van der Waals surface area (Å²) < 4.78 is 15.3. The second-order valence-electron chi connectivity index (χ2n) is 6.57. The predicted molar refractivity (Wildman–Crippen MR) is 105 cm³/mol. The fourth-order valence-corrected chi connectivity index (χ4v) is 3.23. The summed E-state index contributed by atoms with van der Waals surface area (Å²) in [5.74, 6) is -0.542. The van der Waals surface area contributed by atoms with Crippen LogP contribution in [0, 0.1) is 18.8 Å². The standard InChI is InChI=1S/C20H18ClFN4O2/c1-11-4-5-17(21)16(6-11)10-26-18(20(27)25-28)13(3)24-19(26)15-7-14(12(2)22)8-23-9-15/h4-9,12H,10H2,1-3H3. The predicted octanol–water partition coefficient (Wildman–Crippen LogP) is 5.20. The fraction of sp³-hybridized carbons (Fsp3) is 0.250. The van der Waals surface area contributed by atoms with Crippen LogP contribution < -0.4 is 0 Å². The van der Waals surface area contributed by atoms with E-state index in [1.165, 1.54) is 19.3 Å². The first-order valence-electron chi connectivity index (χ1n) is 8.61. The highest BCUT2D eigenvalue weighted by molar-refractivity contribution is 6.31. The van der Waals surface area contributed by atoms with Gasteiger partial charge in [0.15, 0.2) is 0 Å². The molecule has 0 N–H and O–H groups in total. The van der Waals surface area contributed by atoms with Crippen LogP contribution >= 0.6 is 11.6 Å². The van der Waals surface area contributed by atoms with Crippen LogP contribution in [0.1, 0.15) is 46.0 Å². The molecule has 0 bridgehead atoms. The molecule has 28 heavy (non-hydrogen) atoms. The Balaban J connectivity index is 2.21.